The molecular formula is C13H22N4. The molecule has 0 unspecified atom stereocenters. The van der Waals surface area contributed by atoms with E-state index in [-0.39, 0.29) is 0 Å². The van der Waals surface area contributed by atoms with Gasteiger partial charge in [0.1, 0.15) is 0 Å². The summed E-state index contributed by atoms with van der Waals surface area (Å²) in [5.41, 5.74) is 9.91. The molecule has 4 heteroatoms. The van der Waals surface area contributed by atoms with Gasteiger partial charge in [-0.05, 0) is 25.8 Å². The highest BCUT2D eigenvalue weighted by Crippen LogP contribution is 2.31. The fourth-order valence-corrected chi connectivity index (χ4v) is 3.25. The Morgan fingerprint density at radius 1 is 1.29 bits per heavy atom. The van der Waals surface area contributed by atoms with Gasteiger partial charge in [0.25, 0.3) is 0 Å². The third-order valence-electron chi connectivity index (χ3n) is 4.16. The molecule has 0 bridgehead atoms. The van der Waals surface area contributed by atoms with Crippen LogP contribution in [-0.4, -0.2) is 16.3 Å². The van der Waals surface area contributed by atoms with E-state index in [1.54, 1.807) is 0 Å². The molecule has 4 nitrogen and oxygen atoms in total. The third-order valence-corrected chi connectivity index (χ3v) is 4.16. The molecule has 1 fully saturated rings. The van der Waals surface area contributed by atoms with Crippen LogP contribution >= 0.6 is 0 Å². The fourth-order valence-electron chi connectivity index (χ4n) is 3.25. The van der Waals surface area contributed by atoms with E-state index in [1.165, 1.54) is 49.1 Å². The van der Waals surface area contributed by atoms with Crippen molar-refractivity contribution in [2.75, 3.05) is 6.54 Å². The molecule has 3 rings (SSSR count). The van der Waals surface area contributed by atoms with Gasteiger partial charge in [-0.3, -0.25) is 4.68 Å². The first kappa shape index (κ1) is 11.2. The van der Waals surface area contributed by atoms with Gasteiger partial charge in [-0.15, -0.1) is 0 Å². The van der Waals surface area contributed by atoms with Crippen LogP contribution in [0.4, 0.5) is 0 Å². The van der Waals surface area contributed by atoms with E-state index < -0.39 is 0 Å². The molecule has 94 valence electrons. The first-order chi connectivity index (χ1) is 8.40. The number of rotatable bonds is 2. The molecule has 2 heterocycles. The molecule has 0 amide bonds. The van der Waals surface area contributed by atoms with Crippen molar-refractivity contribution in [3.05, 3.63) is 17.0 Å². The van der Waals surface area contributed by atoms with E-state index in [2.05, 4.69) is 10.00 Å². The molecule has 17 heavy (non-hydrogen) atoms. The summed E-state index contributed by atoms with van der Waals surface area (Å²) in [7, 11) is 0. The summed E-state index contributed by atoms with van der Waals surface area (Å²) in [6.07, 6.45) is 7.72. The minimum atomic E-state index is 0.605. The lowest BCUT2D eigenvalue weighted by Gasteiger charge is -2.24. The third kappa shape index (κ3) is 2.00. The Bertz CT molecular complexity index is 390. The Kier molecular flexibility index (Phi) is 3.16. The molecule has 3 N–H and O–H groups in total. The standard InChI is InChI=1S/C13H22N4/c14-8-13-11-6-7-15-9-12(11)16-17(13)10-4-2-1-3-5-10/h10,15H,1-9,14H2. The molecule has 1 aliphatic carbocycles. The SMILES string of the molecule is NCc1c2c(nn1C1CCCCC1)CNCC2. The first-order valence-electron chi connectivity index (χ1n) is 6.90. The maximum absolute atomic E-state index is 5.94. The lowest BCUT2D eigenvalue weighted by atomic mass is 9.95. The fraction of sp³-hybridized carbons (Fsp3) is 0.769. The molecular weight excluding hydrogens is 212 g/mol. The number of hydrogen-bond donors (Lipinski definition) is 2. The molecule has 1 aliphatic heterocycles. The van der Waals surface area contributed by atoms with Crippen LogP contribution in [0.5, 0.6) is 0 Å². The van der Waals surface area contributed by atoms with Gasteiger partial charge in [0.15, 0.2) is 0 Å². The average Bonchev–Trinajstić information content (AvgIpc) is 2.78. The van der Waals surface area contributed by atoms with Crippen molar-refractivity contribution in [2.45, 2.75) is 57.7 Å². The molecule has 0 spiro atoms. The molecule has 0 atom stereocenters. The highest BCUT2D eigenvalue weighted by Gasteiger charge is 2.24. The van der Waals surface area contributed by atoms with E-state index in [4.69, 9.17) is 10.8 Å². The van der Waals surface area contributed by atoms with E-state index in [0.717, 1.165) is 19.5 Å². The topological polar surface area (TPSA) is 55.9 Å². The summed E-state index contributed by atoms with van der Waals surface area (Å²) < 4.78 is 2.26. The minimum Gasteiger partial charge on any atom is -0.325 e. The molecule has 0 radical (unpaired) electrons. The zero-order valence-corrected chi connectivity index (χ0v) is 10.4. The quantitative estimate of drug-likeness (QED) is 0.815. The van der Waals surface area contributed by atoms with Gasteiger partial charge in [-0.1, -0.05) is 19.3 Å². The molecule has 0 aromatic carbocycles. The van der Waals surface area contributed by atoms with Gasteiger partial charge in [0.05, 0.1) is 17.4 Å². The highest BCUT2D eigenvalue weighted by atomic mass is 15.3. The Balaban J connectivity index is 1.94. The van der Waals surface area contributed by atoms with E-state index >= 15 is 0 Å². The van der Waals surface area contributed by atoms with Crippen molar-refractivity contribution >= 4 is 0 Å². The Morgan fingerprint density at radius 2 is 2.12 bits per heavy atom. The summed E-state index contributed by atoms with van der Waals surface area (Å²) in [4.78, 5) is 0. The van der Waals surface area contributed by atoms with E-state index in [1.807, 2.05) is 0 Å². The Labute approximate surface area is 103 Å². The van der Waals surface area contributed by atoms with E-state index in [0.29, 0.717) is 12.6 Å². The Morgan fingerprint density at radius 3 is 2.88 bits per heavy atom. The lowest BCUT2D eigenvalue weighted by Crippen LogP contribution is -2.23. The van der Waals surface area contributed by atoms with Crippen LogP contribution in [0.3, 0.4) is 0 Å². The minimum absolute atomic E-state index is 0.605. The van der Waals surface area contributed by atoms with Crippen LogP contribution in [0, 0.1) is 0 Å². The normalized spacial score (nSPS) is 21.5. The van der Waals surface area contributed by atoms with Gasteiger partial charge in [0.2, 0.25) is 0 Å². The summed E-state index contributed by atoms with van der Waals surface area (Å²) in [6.45, 7) is 2.62. The summed E-state index contributed by atoms with van der Waals surface area (Å²) in [5.74, 6) is 0. The van der Waals surface area contributed by atoms with Crippen LogP contribution in [0.1, 0.15) is 55.1 Å². The summed E-state index contributed by atoms with van der Waals surface area (Å²) >= 11 is 0. The van der Waals surface area contributed by atoms with Crippen LogP contribution < -0.4 is 11.1 Å². The summed E-state index contributed by atoms with van der Waals surface area (Å²) in [5, 5.41) is 8.21. The second-order valence-corrected chi connectivity index (χ2v) is 5.24. The number of nitrogens with one attached hydrogen (secondary N) is 1. The number of fused-ring (bicyclic) bond motifs is 1. The number of hydrogen-bond acceptors (Lipinski definition) is 3. The number of aromatic nitrogens is 2. The van der Waals surface area contributed by atoms with Crippen LogP contribution in [0.15, 0.2) is 0 Å². The molecule has 2 aliphatic rings. The van der Waals surface area contributed by atoms with Crippen molar-refractivity contribution in [2.24, 2.45) is 5.73 Å². The lowest BCUT2D eigenvalue weighted by molar-refractivity contribution is 0.321. The maximum Gasteiger partial charge on any atom is 0.0798 e. The molecule has 1 aromatic heterocycles. The highest BCUT2D eigenvalue weighted by molar-refractivity contribution is 5.29. The van der Waals surface area contributed by atoms with E-state index in [9.17, 15) is 0 Å². The second-order valence-electron chi connectivity index (χ2n) is 5.24. The van der Waals surface area contributed by atoms with Crippen LogP contribution in [-0.2, 0) is 19.5 Å². The van der Waals surface area contributed by atoms with Crippen molar-refractivity contribution < 1.29 is 0 Å². The Hall–Kier alpha value is -0.870. The first-order valence-corrected chi connectivity index (χ1v) is 6.90. The zero-order valence-electron chi connectivity index (χ0n) is 10.4. The van der Waals surface area contributed by atoms with Crippen LogP contribution in [0.2, 0.25) is 0 Å². The summed E-state index contributed by atoms with van der Waals surface area (Å²) in [6, 6.07) is 0.605. The molecule has 1 saturated carbocycles. The predicted molar refractivity (Wildman–Crippen MR) is 67.7 cm³/mol. The van der Waals surface area contributed by atoms with Crippen molar-refractivity contribution in [1.82, 2.24) is 15.1 Å². The maximum atomic E-state index is 5.94. The number of nitrogens with zero attached hydrogens (tertiary/aromatic N) is 2. The van der Waals surface area contributed by atoms with Crippen LogP contribution in [0.25, 0.3) is 0 Å². The zero-order chi connectivity index (χ0) is 11.7. The van der Waals surface area contributed by atoms with Gasteiger partial charge in [-0.2, -0.15) is 5.10 Å². The number of nitrogens with two attached hydrogens (primary N) is 1. The van der Waals surface area contributed by atoms with Crippen molar-refractivity contribution in [3.8, 4) is 0 Å². The monoisotopic (exact) mass is 234 g/mol. The van der Waals surface area contributed by atoms with Crippen molar-refractivity contribution in [3.63, 3.8) is 0 Å². The van der Waals surface area contributed by atoms with Crippen molar-refractivity contribution in [1.29, 1.82) is 0 Å². The molecule has 0 saturated heterocycles. The van der Waals surface area contributed by atoms with Gasteiger partial charge in [0, 0.05) is 18.7 Å². The van der Waals surface area contributed by atoms with Gasteiger partial charge >= 0.3 is 0 Å². The van der Waals surface area contributed by atoms with Gasteiger partial charge in [-0.25, -0.2) is 0 Å². The smallest absolute Gasteiger partial charge is 0.0798 e. The second kappa shape index (κ2) is 4.78. The molecule has 1 aromatic rings. The average molecular weight is 234 g/mol. The largest absolute Gasteiger partial charge is 0.325 e. The predicted octanol–water partition coefficient (Wildman–Crippen LogP) is 1.49. The van der Waals surface area contributed by atoms with Gasteiger partial charge < -0.3 is 11.1 Å².